The van der Waals surface area contributed by atoms with Gasteiger partial charge in [0.1, 0.15) is 29.0 Å². The summed E-state index contributed by atoms with van der Waals surface area (Å²) >= 11 is 12.6. The lowest BCUT2D eigenvalue weighted by Crippen LogP contribution is -1.95. The molecule has 0 spiro atoms. The number of anilines is 1. The van der Waals surface area contributed by atoms with Crippen molar-refractivity contribution < 1.29 is 9.47 Å². The highest BCUT2D eigenvalue weighted by atomic mass is 35.5. The fraction of sp³-hybridized carbons (Fsp3) is 0.125. The van der Waals surface area contributed by atoms with Crippen LogP contribution in [0.3, 0.4) is 0 Å². The number of halogens is 2. The van der Waals surface area contributed by atoms with E-state index >= 15 is 0 Å². The molecule has 8 heteroatoms. The third kappa shape index (κ3) is 2.68. The van der Waals surface area contributed by atoms with Gasteiger partial charge in [-0.2, -0.15) is 0 Å². The van der Waals surface area contributed by atoms with Crippen molar-refractivity contribution in [1.29, 1.82) is 0 Å². The molecule has 0 aliphatic carbocycles. The first-order chi connectivity index (χ1) is 11.6. The average molecular weight is 363 g/mol. The molecular formula is C16H12Cl2N4O2. The normalized spacial score (nSPS) is 10.3. The highest BCUT2D eigenvalue weighted by Gasteiger charge is 2.16. The van der Waals surface area contributed by atoms with Crippen molar-refractivity contribution in [3.63, 3.8) is 0 Å². The molecule has 6 nitrogen and oxygen atoms in total. The molecule has 24 heavy (non-hydrogen) atoms. The van der Waals surface area contributed by atoms with Crippen LogP contribution >= 0.6 is 23.2 Å². The monoisotopic (exact) mass is 362 g/mol. The predicted molar refractivity (Wildman–Crippen MR) is 92.9 cm³/mol. The number of nitrogen functional groups attached to an aromatic ring is 1. The molecule has 0 unspecified atom stereocenters. The van der Waals surface area contributed by atoms with E-state index in [0.717, 1.165) is 0 Å². The maximum Gasteiger partial charge on any atom is 0.150 e. The van der Waals surface area contributed by atoms with Gasteiger partial charge in [0.2, 0.25) is 0 Å². The molecule has 2 heterocycles. The van der Waals surface area contributed by atoms with Gasteiger partial charge in [-0.15, -0.1) is 0 Å². The number of nitrogens with zero attached hydrogens (tertiary/aromatic N) is 3. The fourth-order valence-corrected chi connectivity index (χ4v) is 2.78. The van der Waals surface area contributed by atoms with E-state index in [-0.39, 0.29) is 0 Å². The Morgan fingerprint density at radius 3 is 2.38 bits per heavy atom. The van der Waals surface area contributed by atoms with Crippen LogP contribution in [0.25, 0.3) is 5.52 Å². The van der Waals surface area contributed by atoms with Gasteiger partial charge in [0.25, 0.3) is 0 Å². The third-order valence-corrected chi connectivity index (χ3v) is 4.11. The van der Waals surface area contributed by atoms with Crippen LogP contribution in [0.15, 0.2) is 24.8 Å². The van der Waals surface area contributed by atoms with Crippen LogP contribution in [0.2, 0.25) is 10.0 Å². The van der Waals surface area contributed by atoms with Crippen molar-refractivity contribution >= 4 is 34.5 Å². The topological polar surface area (TPSA) is 74.7 Å². The lowest BCUT2D eigenvalue weighted by atomic mass is 10.2. The van der Waals surface area contributed by atoms with Gasteiger partial charge in [-0.3, -0.25) is 0 Å². The minimum absolute atomic E-state index is 0.297. The lowest BCUT2D eigenvalue weighted by Gasteiger charge is -2.10. The van der Waals surface area contributed by atoms with Crippen molar-refractivity contribution in [3.05, 3.63) is 46.1 Å². The minimum Gasteiger partial charge on any atom is -0.495 e. The minimum atomic E-state index is 0.297. The molecule has 0 bridgehead atoms. The van der Waals surface area contributed by atoms with Crippen molar-refractivity contribution in [3.8, 4) is 23.3 Å². The summed E-state index contributed by atoms with van der Waals surface area (Å²) in [6, 6.07) is 1.60. The van der Waals surface area contributed by atoms with Crippen molar-refractivity contribution in [1.82, 2.24) is 14.4 Å². The Balaban J connectivity index is 2.17. The Hall–Kier alpha value is -2.62. The van der Waals surface area contributed by atoms with Gasteiger partial charge in [-0.05, 0) is 5.92 Å². The first-order valence-electron chi connectivity index (χ1n) is 6.76. The molecule has 0 saturated heterocycles. The first-order valence-corrected chi connectivity index (χ1v) is 7.51. The molecule has 2 aromatic heterocycles. The molecule has 3 aromatic rings. The summed E-state index contributed by atoms with van der Waals surface area (Å²) in [5.41, 5.74) is 7.36. The number of benzene rings is 1. The largest absolute Gasteiger partial charge is 0.495 e. The molecule has 0 radical (unpaired) electrons. The maximum absolute atomic E-state index is 6.30. The summed E-state index contributed by atoms with van der Waals surface area (Å²) in [4.78, 5) is 8.28. The van der Waals surface area contributed by atoms with Crippen LogP contribution in [-0.4, -0.2) is 28.6 Å². The SMILES string of the molecule is COc1cc(OC)c(Cl)c(C#Cc2ncn3ccnc(N)c23)c1Cl. The summed E-state index contributed by atoms with van der Waals surface area (Å²) in [5, 5.41) is 0.593. The molecule has 0 atom stereocenters. The predicted octanol–water partition coefficient (Wildman–Crippen LogP) is 3.04. The number of imidazole rings is 1. The van der Waals surface area contributed by atoms with E-state index in [4.69, 9.17) is 38.4 Å². The summed E-state index contributed by atoms with van der Waals surface area (Å²) in [5.74, 6) is 7.01. The molecule has 0 fully saturated rings. The Morgan fingerprint density at radius 2 is 1.75 bits per heavy atom. The van der Waals surface area contributed by atoms with E-state index in [9.17, 15) is 0 Å². The Morgan fingerprint density at radius 1 is 1.08 bits per heavy atom. The zero-order valence-corrected chi connectivity index (χ0v) is 14.3. The number of ether oxygens (including phenoxy) is 2. The summed E-state index contributed by atoms with van der Waals surface area (Å²) in [6.45, 7) is 0. The second-order valence-corrected chi connectivity index (χ2v) is 5.45. The number of hydrogen-bond donors (Lipinski definition) is 1. The van der Waals surface area contributed by atoms with E-state index in [1.54, 1.807) is 29.2 Å². The number of rotatable bonds is 2. The molecule has 0 amide bonds. The van der Waals surface area contributed by atoms with Gasteiger partial charge in [0.15, 0.2) is 5.82 Å². The average Bonchev–Trinajstić information content (AvgIpc) is 3.00. The summed E-state index contributed by atoms with van der Waals surface area (Å²) < 4.78 is 12.2. The molecule has 122 valence electrons. The lowest BCUT2D eigenvalue weighted by molar-refractivity contribution is 0.394. The first kappa shape index (κ1) is 16.2. The van der Waals surface area contributed by atoms with Crippen molar-refractivity contribution in [2.45, 2.75) is 0 Å². The fourth-order valence-electron chi connectivity index (χ4n) is 2.18. The van der Waals surface area contributed by atoms with Crippen LogP contribution in [-0.2, 0) is 0 Å². The van der Waals surface area contributed by atoms with Gasteiger partial charge >= 0.3 is 0 Å². The Kier molecular flexibility index (Phi) is 4.38. The van der Waals surface area contributed by atoms with E-state index < -0.39 is 0 Å². The second-order valence-electron chi connectivity index (χ2n) is 4.70. The highest BCUT2D eigenvalue weighted by molar-refractivity contribution is 6.38. The maximum atomic E-state index is 6.30. The van der Waals surface area contributed by atoms with E-state index in [1.807, 2.05) is 0 Å². The molecule has 0 saturated carbocycles. The Bertz CT molecular complexity index is 961. The highest BCUT2D eigenvalue weighted by Crippen LogP contribution is 2.39. The second kappa shape index (κ2) is 6.48. The molecule has 2 N–H and O–H groups in total. The summed E-state index contributed by atoms with van der Waals surface area (Å²) in [7, 11) is 3.00. The third-order valence-electron chi connectivity index (χ3n) is 3.36. The van der Waals surface area contributed by atoms with E-state index in [1.165, 1.54) is 14.2 Å². The molecule has 0 aliphatic rings. The van der Waals surface area contributed by atoms with Crippen molar-refractivity contribution in [2.75, 3.05) is 20.0 Å². The van der Waals surface area contributed by atoms with Crippen molar-refractivity contribution in [2.24, 2.45) is 0 Å². The van der Waals surface area contributed by atoms with Gasteiger partial charge in [0, 0.05) is 18.5 Å². The molecule has 3 rings (SSSR count). The smallest absolute Gasteiger partial charge is 0.150 e. The van der Waals surface area contributed by atoms with E-state index in [0.29, 0.717) is 44.1 Å². The molecule has 0 aliphatic heterocycles. The number of methoxy groups -OCH3 is 2. The van der Waals surface area contributed by atoms with E-state index in [2.05, 4.69) is 21.8 Å². The van der Waals surface area contributed by atoms with Gasteiger partial charge < -0.3 is 19.6 Å². The van der Waals surface area contributed by atoms with Gasteiger partial charge in [0.05, 0.1) is 29.8 Å². The number of aromatic nitrogens is 3. The number of hydrogen-bond acceptors (Lipinski definition) is 5. The quantitative estimate of drug-likeness (QED) is 0.709. The van der Waals surface area contributed by atoms with Crippen LogP contribution in [0, 0.1) is 11.8 Å². The van der Waals surface area contributed by atoms with Crippen LogP contribution in [0.4, 0.5) is 5.82 Å². The number of nitrogens with two attached hydrogens (primary N) is 1. The van der Waals surface area contributed by atoms with Crippen LogP contribution < -0.4 is 15.2 Å². The van der Waals surface area contributed by atoms with Crippen LogP contribution in [0.1, 0.15) is 11.3 Å². The molecular weight excluding hydrogens is 351 g/mol. The number of fused-ring (bicyclic) bond motifs is 1. The summed E-state index contributed by atoms with van der Waals surface area (Å²) in [6.07, 6.45) is 4.92. The van der Waals surface area contributed by atoms with Crippen LogP contribution in [0.5, 0.6) is 11.5 Å². The van der Waals surface area contributed by atoms with Gasteiger partial charge in [-0.25, -0.2) is 9.97 Å². The standard InChI is InChI=1S/C16H12Cl2N4O2/c1-23-11-7-12(24-2)14(18)9(13(11)17)3-4-10-15-16(19)20-5-6-22(15)8-21-10/h5-8H,1-2H3,(H2,19,20). The molecule has 1 aromatic carbocycles. The zero-order valence-electron chi connectivity index (χ0n) is 12.8. The Labute approximate surface area is 148 Å². The zero-order chi connectivity index (χ0) is 17.3. The van der Waals surface area contributed by atoms with Gasteiger partial charge in [-0.1, -0.05) is 29.1 Å².